The lowest BCUT2D eigenvalue weighted by molar-refractivity contribution is 0.314. The summed E-state index contributed by atoms with van der Waals surface area (Å²) in [5.74, 6) is 2.20. The number of hydrogen-bond donors (Lipinski definition) is 1. The molecule has 0 bridgehead atoms. The fourth-order valence-electron chi connectivity index (χ4n) is 3.73. The molecule has 3 heterocycles. The average Bonchev–Trinajstić information content (AvgIpc) is 3.17. The summed E-state index contributed by atoms with van der Waals surface area (Å²) in [5, 5.41) is 1.14. The highest BCUT2D eigenvalue weighted by molar-refractivity contribution is 6.06. The molecule has 1 aromatic carbocycles. The van der Waals surface area contributed by atoms with Gasteiger partial charge in [0.2, 0.25) is 0 Å². The minimum Gasteiger partial charge on any atom is -0.382 e. The van der Waals surface area contributed by atoms with Gasteiger partial charge in [-0.2, -0.15) is 0 Å². The Morgan fingerprint density at radius 2 is 1.88 bits per heavy atom. The van der Waals surface area contributed by atoms with Crippen molar-refractivity contribution in [1.82, 2.24) is 19.4 Å². The van der Waals surface area contributed by atoms with Crippen LogP contribution < -0.4 is 5.73 Å². The number of hydrogen-bond acceptors (Lipinski definition) is 4. The van der Waals surface area contributed by atoms with Gasteiger partial charge < -0.3 is 10.3 Å². The van der Waals surface area contributed by atoms with Gasteiger partial charge in [0.1, 0.15) is 11.3 Å². The molecule has 5 nitrogen and oxygen atoms in total. The number of fused-ring (bicyclic) bond motifs is 3. The number of nitrogens with two attached hydrogens (primary N) is 1. The second-order valence-electron chi connectivity index (χ2n) is 7.23. The molecule has 0 amide bonds. The minimum atomic E-state index is 0.536. The van der Waals surface area contributed by atoms with Crippen LogP contribution in [0.1, 0.15) is 32.5 Å². The van der Waals surface area contributed by atoms with E-state index in [9.17, 15) is 0 Å². The first kappa shape index (κ1) is 15.4. The Morgan fingerprint density at radius 3 is 2.62 bits per heavy atom. The summed E-state index contributed by atoms with van der Waals surface area (Å²) < 4.78 is 2.37. The summed E-state index contributed by atoms with van der Waals surface area (Å²) in [6, 6.07) is 8.22. The van der Waals surface area contributed by atoms with Gasteiger partial charge in [-0.05, 0) is 37.9 Å². The molecule has 0 atom stereocenters. The molecule has 4 rings (SSSR count). The summed E-state index contributed by atoms with van der Waals surface area (Å²) in [4.78, 5) is 12.0. The van der Waals surface area contributed by atoms with E-state index in [2.05, 4.69) is 40.4 Å². The maximum Gasteiger partial charge on any atom is 0.152 e. The second kappa shape index (κ2) is 6.06. The van der Waals surface area contributed by atoms with Crippen molar-refractivity contribution in [3.8, 4) is 0 Å². The smallest absolute Gasteiger partial charge is 0.152 e. The summed E-state index contributed by atoms with van der Waals surface area (Å²) in [6.45, 7) is 8.68. The Hall–Kier alpha value is -2.14. The van der Waals surface area contributed by atoms with E-state index >= 15 is 0 Å². The number of pyridine rings is 1. The molecule has 0 radical (unpaired) electrons. The molecule has 3 aromatic rings. The Kier molecular flexibility index (Phi) is 3.88. The molecule has 0 saturated carbocycles. The largest absolute Gasteiger partial charge is 0.382 e. The number of rotatable bonds is 4. The number of imidazole rings is 1. The number of likely N-dealkylation sites (tertiary alicyclic amines) is 1. The Labute approximate surface area is 142 Å². The summed E-state index contributed by atoms with van der Waals surface area (Å²) in [5.41, 5.74) is 9.18. The van der Waals surface area contributed by atoms with Crippen LogP contribution in [-0.2, 0) is 13.1 Å². The lowest BCUT2D eigenvalue weighted by Crippen LogP contribution is -2.22. The quantitative estimate of drug-likeness (QED) is 0.799. The predicted molar refractivity (Wildman–Crippen MR) is 98.8 cm³/mol. The molecule has 0 spiro atoms. The zero-order valence-corrected chi connectivity index (χ0v) is 14.5. The zero-order chi connectivity index (χ0) is 16.7. The lowest BCUT2D eigenvalue weighted by Gasteiger charge is -2.17. The number of para-hydroxylation sites is 1. The van der Waals surface area contributed by atoms with Crippen molar-refractivity contribution < 1.29 is 0 Å². The van der Waals surface area contributed by atoms with Gasteiger partial charge in [0, 0.05) is 11.9 Å². The molecule has 1 aliphatic heterocycles. The SMILES string of the molecule is CC(C)Cn1c(CN2CCCC2)nc2c(N)nc3ccccc3c21. The number of benzene rings is 1. The van der Waals surface area contributed by atoms with Gasteiger partial charge in [-0.15, -0.1) is 0 Å². The van der Waals surface area contributed by atoms with Crippen molar-refractivity contribution in [1.29, 1.82) is 0 Å². The summed E-state index contributed by atoms with van der Waals surface area (Å²) in [6.07, 6.45) is 2.58. The van der Waals surface area contributed by atoms with Crippen LogP contribution in [-0.4, -0.2) is 32.5 Å². The fourth-order valence-corrected chi connectivity index (χ4v) is 3.73. The van der Waals surface area contributed by atoms with E-state index in [1.54, 1.807) is 0 Å². The van der Waals surface area contributed by atoms with Crippen molar-refractivity contribution in [3.63, 3.8) is 0 Å². The molecule has 2 aromatic heterocycles. The average molecular weight is 323 g/mol. The van der Waals surface area contributed by atoms with Gasteiger partial charge in [0.25, 0.3) is 0 Å². The van der Waals surface area contributed by atoms with Gasteiger partial charge in [0.05, 0.1) is 17.6 Å². The molecular formula is C19H25N5. The highest BCUT2D eigenvalue weighted by atomic mass is 15.2. The Morgan fingerprint density at radius 1 is 1.12 bits per heavy atom. The normalized spacial score (nSPS) is 16.0. The zero-order valence-electron chi connectivity index (χ0n) is 14.5. The van der Waals surface area contributed by atoms with E-state index in [0.29, 0.717) is 11.7 Å². The molecule has 1 saturated heterocycles. The lowest BCUT2D eigenvalue weighted by atomic mass is 10.1. The maximum atomic E-state index is 6.24. The van der Waals surface area contributed by atoms with E-state index in [0.717, 1.165) is 40.9 Å². The Bertz CT molecular complexity index is 874. The molecular weight excluding hydrogens is 298 g/mol. The number of anilines is 1. The molecule has 2 N–H and O–H groups in total. The molecule has 24 heavy (non-hydrogen) atoms. The molecule has 126 valence electrons. The molecule has 0 unspecified atom stereocenters. The highest BCUT2D eigenvalue weighted by Gasteiger charge is 2.20. The van der Waals surface area contributed by atoms with Crippen molar-refractivity contribution in [2.45, 2.75) is 39.8 Å². The van der Waals surface area contributed by atoms with Crippen molar-refractivity contribution in [2.75, 3.05) is 18.8 Å². The molecule has 1 fully saturated rings. The monoisotopic (exact) mass is 323 g/mol. The van der Waals surface area contributed by atoms with Gasteiger partial charge in [-0.3, -0.25) is 4.90 Å². The molecule has 5 heteroatoms. The fraction of sp³-hybridized carbons (Fsp3) is 0.474. The van der Waals surface area contributed by atoms with E-state index in [1.807, 2.05) is 12.1 Å². The maximum absolute atomic E-state index is 6.24. The van der Waals surface area contributed by atoms with E-state index in [4.69, 9.17) is 10.7 Å². The first-order valence-electron chi connectivity index (χ1n) is 8.89. The van der Waals surface area contributed by atoms with Crippen LogP contribution in [0, 0.1) is 5.92 Å². The Balaban J connectivity index is 1.94. The standard InChI is InChI=1S/C19H25N5/c1-13(2)11-24-16(12-23-9-5-6-10-23)22-17-18(24)14-7-3-4-8-15(14)21-19(17)20/h3-4,7-8,13H,5-6,9-12H2,1-2H3,(H2,20,21). The van der Waals surface area contributed by atoms with Crippen LogP contribution in [0.2, 0.25) is 0 Å². The topological polar surface area (TPSA) is 60.0 Å². The van der Waals surface area contributed by atoms with Crippen molar-refractivity contribution in [2.24, 2.45) is 5.92 Å². The predicted octanol–water partition coefficient (Wildman–Crippen LogP) is 3.42. The molecule has 0 aliphatic carbocycles. The van der Waals surface area contributed by atoms with Crippen LogP contribution in [0.3, 0.4) is 0 Å². The second-order valence-corrected chi connectivity index (χ2v) is 7.23. The van der Waals surface area contributed by atoms with Crippen molar-refractivity contribution in [3.05, 3.63) is 30.1 Å². The van der Waals surface area contributed by atoms with Crippen molar-refractivity contribution >= 4 is 27.8 Å². The van der Waals surface area contributed by atoms with Crippen LogP contribution in [0.15, 0.2) is 24.3 Å². The van der Waals surface area contributed by atoms with Gasteiger partial charge in [-0.25, -0.2) is 9.97 Å². The van der Waals surface area contributed by atoms with Crippen LogP contribution >= 0.6 is 0 Å². The molecule has 1 aliphatic rings. The van der Waals surface area contributed by atoms with Gasteiger partial charge in [-0.1, -0.05) is 32.0 Å². The third-order valence-corrected chi connectivity index (χ3v) is 4.80. The first-order valence-corrected chi connectivity index (χ1v) is 8.89. The number of nitrogen functional groups attached to an aromatic ring is 1. The third kappa shape index (κ3) is 2.63. The summed E-state index contributed by atoms with van der Waals surface area (Å²) >= 11 is 0. The van der Waals surface area contributed by atoms with E-state index in [-0.39, 0.29) is 0 Å². The van der Waals surface area contributed by atoms with E-state index < -0.39 is 0 Å². The van der Waals surface area contributed by atoms with Crippen LogP contribution in [0.25, 0.3) is 21.9 Å². The first-order chi connectivity index (χ1) is 11.6. The van der Waals surface area contributed by atoms with E-state index in [1.165, 1.54) is 25.9 Å². The highest BCUT2D eigenvalue weighted by Crippen LogP contribution is 2.30. The van der Waals surface area contributed by atoms with Gasteiger partial charge in [0.15, 0.2) is 5.82 Å². The van der Waals surface area contributed by atoms with Crippen LogP contribution in [0.5, 0.6) is 0 Å². The number of aromatic nitrogens is 3. The minimum absolute atomic E-state index is 0.536. The number of nitrogens with zero attached hydrogens (tertiary/aromatic N) is 4. The summed E-state index contributed by atoms with van der Waals surface area (Å²) in [7, 11) is 0. The van der Waals surface area contributed by atoms with Crippen LogP contribution in [0.4, 0.5) is 5.82 Å². The third-order valence-electron chi connectivity index (χ3n) is 4.80. The van der Waals surface area contributed by atoms with Gasteiger partial charge >= 0.3 is 0 Å².